The summed E-state index contributed by atoms with van der Waals surface area (Å²) in [5.41, 5.74) is 1.41. The Kier molecular flexibility index (Phi) is 5.49. The van der Waals surface area contributed by atoms with E-state index in [4.69, 9.17) is 4.74 Å². The molecule has 1 aromatic heterocycles. The van der Waals surface area contributed by atoms with Crippen molar-refractivity contribution in [1.82, 2.24) is 20.0 Å². The van der Waals surface area contributed by atoms with Crippen LogP contribution in [-0.2, 0) is 24.0 Å². The second kappa shape index (κ2) is 8.06. The Morgan fingerprint density at radius 2 is 2.00 bits per heavy atom. The molecular weight excluding hydrogens is 385 g/mol. The van der Waals surface area contributed by atoms with Crippen molar-refractivity contribution in [2.24, 2.45) is 0 Å². The van der Waals surface area contributed by atoms with Crippen molar-refractivity contribution < 1.29 is 22.7 Å². The Bertz CT molecular complexity index is 858. The zero-order chi connectivity index (χ0) is 20.4. The van der Waals surface area contributed by atoms with Crippen molar-refractivity contribution in [3.8, 4) is 11.3 Å². The molecule has 1 saturated heterocycles. The summed E-state index contributed by atoms with van der Waals surface area (Å²) in [4.78, 5) is 14.3. The highest BCUT2D eigenvalue weighted by Crippen LogP contribution is 2.31. The van der Waals surface area contributed by atoms with Crippen LogP contribution < -0.4 is 5.32 Å². The van der Waals surface area contributed by atoms with Crippen LogP contribution in [-0.4, -0.2) is 46.5 Å². The molecule has 1 fully saturated rings. The summed E-state index contributed by atoms with van der Waals surface area (Å²) in [5.74, 6) is 0. The number of carbonyl (C=O) groups is 1. The van der Waals surface area contributed by atoms with Gasteiger partial charge in [0.05, 0.1) is 29.6 Å². The maximum absolute atomic E-state index is 12.8. The number of ether oxygens (including phenoxy) is 1. The van der Waals surface area contributed by atoms with Gasteiger partial charge in [-0.15, -0.1) is 0 Å². The van der Waals surface area contributed by atoms with Crippen LogP contribution in [0.1, 0.15) is 30.5 Å². The van der Waals surface area contributed by atoms with Crippen LogP contribution in [0.4, 0.5) is 18.0 Å². The third-order valence-corrected chi connectivity index (χ3v) is 5.31. The predicted molar refractivity (Wildman–Crippen MR) is 100 cm³/mol. The van der Waals surface area contributed by atoms with Crippen LogP contribution in [0.3, 0.4) is 0 Å². The van der Waals surface area contributed by atoms with E-state index in [1.54, 1.807) is 4.90 Å². The largest absolute Gasteiger partial charge is 0.416 e. The smallest absolute Gasteiger partial charge is 0.376 e. The molecule has 29 heavy (non-hydrogen) atoms. The Morgan fingerprint density at radius 3 is 2.69 bits per heavy atom. The molecule has 0 aliphatic carbocycles. The fourth-order valence-corrected chi connectivity index (χ4v) is 3.72. The second-order valence-corrected chi connectivity index (χ2v) is 7.42. The van der Waals surface area contributed by atoms with Crippen molar-refractivity contribution in [2.45, 2.75) is 44.6 Å². The number of fused-ring (bicyclic) bond motifs is 1. The number of aryl methyl sites for hydroxylation is 1. The van der Waals surface area contributed by atoms with Gasteiger partial charge in [0, 0.05) is 31.8 Å². The van der Waals surface area contributed by atoms with Gasteiger partial charge in [-0.3, -0.25) is 4.68 Å². The molecule has 0 spiro atoms. The Hall–Kier alpha value is -2.55. The van der Waals surface area contributed by atoms with Gasteiger partial charge in [-0.25, -0.2) is 4.79 Å². The van der Waals surface area contributed by atoms with E-state index in [0.717, 1.165) is 43.7 Å². The molecular formula is C20H23F3N4O2. The summed E-state index contributed by atoms with van der Waals surface area (Å²) in [6, 6.07) is 6.68. The van der Waals surface area contributed by atoms with Crippen LogP contribution in [0.25, 0.3) is 11.3 Å². The van der Waals surface area contributed by atoms with Crippen molar-refractivity contribution in [2.75, 3.05) is 19.7 Å². The lowest BCUT2D eigenvalue weighted by atomic mass is 10.1. The van der Waals surface area contributed by atoms with Crippen LogP contribution in [0, 0.1) is 0 Å². The molecule has 1 unspecified atom stereocenters. The summed E-state index contributed by atoms with van der Waals surface area (Å²) in [5, 5.41) is 7.47. The molecule has 2 aromatic rings. The molecule has 0 bridgehead atoms. The summed E-state index contributed by atoms with van der Waals surface area (Å²) >= 11 is 0. The molecule has 6 nitrogen and oxygen atoms in total. The maximum atomic E-state index is 12.8. The zero-order valence-electron chi connectivity index (χ0n) is 15.9. The van der Waals surface area contributed by atoms with Crippen LogP contribution in [0.15, 0.2) is 30.3 Å². The standard InChI is InChI=1S/C20H23F3N4O2/c21-20(22,23)15-6-4-14(5-7-15)18-11-16-13-26(8-2-9-27(16)25-18)19(28)24-12-17-3-1-10-29-17/h4-7,11,17H,1-3,8-10,12-13H2,(H,24,28). The van der Waals surface area contributed by atoms with Crippen molar-refractivity contribution in [1.29, 1.82) is 0 Å². The maximum Gasteiger partial charge on any atom is 0.416 e. The van der Waals surface area contributed by atoms with Crippen LogP contribution in [0.5, 0.6) is 0 Å². The lowest BCUT2D eigenvalue weighted by Crippen LogP contribution is -2.42. The average molecular weight is 408 g/mol. The van der Waals surface area contributed by atoms with E-state index >= 15 is 0 Å². The van der Waals surface area contributed by atoms with E-state index in [1.807, 2.05) is 10.7 Å². The van der Waals surface area contributed by atoms with Gasteiger partial charge in [0.2, 0.25) is 0 Å². The number of aromatic nitrogens is 2. The molecule has 0 radical (unpaired) electrons. The highest BCUT2D eigenvalue weighted by Gasteiger charge is 2.30. The Balaban J connectivity index is 1.44. The third-order valence-electron chi connectivity index (χ3n) is 5.31. The monoisotopic (exact) mass is 408 g/mol. The minimum atomic E-state index is -4.36. The number of alkyl halides is 3. The number of amides is 2. The van der Waals surface area contributed by atoms with E-state index in [1.165, 1.54) is 12.1 Å². The number of nitrogens with one attached hydrogen (secondary N) is 1. The van der Waals surface area contributed by atoms with Crippen molar-refractivity contribution in [3.05, 3.63) is 41.6 Å². The molecule has 2 amide bonds. The highest BCUT2D eigenvalue weighted by atomic mass is 19.4. The van der Waals surface area contributed by atoms with Gasteiger partial charge in [0.25, 0.3) is 0 Å². The average Bonchev–Trinajstić information content (AvgIpc) is 3.31. The van der Waals surface area contributed by atoms with Gasteiger partial charge < -0.3 is 15.0 Å². The fraction of sp³-hybridized carbons (Fsp3) is 0.500. The van der Waals surface area contributed by atoms with Crippen LogP contribution >= 0.6 is 0 Å². The van der Waals surface area contributed by atoms with Crippen molar-refractivity contribution >= 4 is 6.03 Å². The summed E-state index contributed by atoms with van der Waals surface area (Å²) in [6.45, 7) is 2.94. The summed E-state index contributed by atoms with van der Waals surface area (Å²) < 4.78 is 45.7. The first-order chi connectivity index (χ1) is 13.9. The predicted octanol–water partition coefficient (Wildman–Crippen LogP) is 3.66. The molecule has 1 N–H and O–H groups in total. The summed E-state index contributed by atoms with van der Waals surface area (Å²) in [6.07, 6.45) is -1.53. The van der Waals surface area contributed by atoms with E-state index in [2.05, 4.69) is 10.4 Å². The Labute approximate surface area is 166 Å². The van der Waals surface area contributed by atoms with Gasteiger partial charge >= 0.3 is 12.2 Å². The number of hydrogen-bond donors (Lipinski definition) is 1. The Morgan fingerprint density at radius 1 is 1.21 bits per heavy atom. The molecule has 2 aliphatic heterocycles. The highest BCUT2D eigenvalue weighted by molar-refractivity contribution is 5.74. The van der Waals surface area contributed by atoms with E-state index in [9.17, 15) is 18.0 Å². The third kappa shape index (κ3) is 4.55. The molecule has 9 heteroatoms. The van der Waals surface area contributed by atoms with Gasteiger partial charge in [-0.2, -0.15) is 18.3 Å². The number of urea groups is 1. The van der Waals surface area contributed by atoms with E-state index < -0.39 is 11.7 Å². The molecule has 2 aliphatic rings. The second-order valence-electron chi connectivity index (χ2n) is 7.42. The van der Waals surface area contributed by atoms with Gasteiger partial charge in [-0.05, 0) is 37.5 Å². The van der Waals surface area contributed by atoms with Gasteiger partial charge in [-0.1, -0.05) is 12.1 Å². The molecule has 1 aromatic carbocycles. The first-order valence-electron chi connectivity index (χ1n) is 9.79. The molecule has 0 saturated carbocycles. The summed E-state index contributed by atoms with van der Waals surface area (Å²) in [7, 11) is 0. The minimum absolute atomic E-state index is 0.0859. The minimum Gasteiger partial charge on any atom is -0.376 e. The number of rotatable bonds is 3. The van der Waals surface area contributed by atoms with Gasteiger partial charge in [0.1, 0.15) is 0 Å². The lowest BCUT2D eigenvalue weighted by Gasteiger charge is -2.21. The number of nitrogens with zero attached hydrogens (tertiary/aromatic N) is 3. The molecule has 3 heterocycles. The number of halogens is 3. The normalized spacial score (nSPS) is 19.7. The van der Waals surface area contributed by atoms with Gasteiger partial charge in [0.15, 0.2) is 0 Å². The van der Waals surface area contributed by atoms with Crippen LogP contribution in [0.2, 0.25) is 0 Å². The number of carbonyl (C=O) groups excluding carboxylic acids is 1. The SMILES string of the molecule is O=C(NCC1CCCO1)N1CCCn2nc(-c3ccc(C(F)(F)F)cc3)cc2C1. The quantitative estimate of drug-likeness (QED) is 0.843. The molecule has 4 rings (SSSR count). The lowest BCUT2D eigenvalue weighted by molar-refractivity contribution is -0.137. The topological polar surface area (TPSA) is 59.4 Å². The number of hydrogen-bond acceptors (Lipinski definition) is 3. The van der Waals surface area contributed by atoms with E-state index in [-0.39, 0.29) is 12.1 Å². The zero-order valence-corrected chi connectivity index (χ0v) is 15.9. The first kappa shape index (κ1) is 19.8. The van der Waals surface area contributed by atoms with E-state index in [0.29, 0.717) is 37.4 Å². The number of benzene rings is 1. The van der Waals surface area contributed by atoms with Crippen molar-refractivity contribution in [3.63, 3.8) is 0 Å². The first-order valence-corrected chi connectivity index (χ1v) is 9.79. The molecule has 1 atom stereocenters. The molecule has 156 valence electrons. The fourth-order valence-electron chi connectivity index (χ4n) is 3.72.